The maximum atomic E-state index is 5.32. The Kier molecular flexibility index (Phi) is 1.76. The van der Waals surface area contributed by atoms with Gasteiger partial charge in [0.25, 0.3) is 0 Å². The lowest BCUT2D eigenvalue weighted by Gasteiger charge is -2.13. The van der Waals surface area contributed by atoms with Gasteiger partial charge in [-0.3, -0.25) is 0 Å². The first-order valence-electron chi connectivity index (χ1n) is 3.35. The van der Waals surface area contributed by atoms with Crippen LogP contribution in [0.25, 0.3) is 0 Å². The Hall–Kier alpha value is -0.500. The molecule has 1 heterocycles. The molecule has 52 valence electrons. The zero-order valence-electron chi connectivity index (χ0n) is 6.22. The molecule has 0 spiro atoms. The van der Waals surface area contributed by atoms with Crippen LogP contribution in [0.2, 0.25) is 0 Å². The van der Waals surface area contributed by atoms with E-state index in [1.54, 1.807) is 0 Å². The average molecular weight is 127 g/mol. The summed E-state index contributed by atoms with van der Waals surface area (Å²) in [5, 5.41) is 1.86. The molecule has 0 aliphatic carbocycles. The Balaban J connectivity index is 2.52. The van der Waals surface area contributed by atoms with Crippen molar-refractivity contribution in [3.63, 3.8) is 0 Å². The lowest BCUT2D eigenvalue weighted by molar-refractivity contribution is -0.0916. The molecule has 0 aromatic heterocycles. The van der Waals surface area contributed by atoms with Crippen LogP contribution in [0.15, 0.2) is 11.8 Å². The van der Waals surface area contributed by atoms with Gasteiger partial charge in [0.05, 0.1) is 6.04 Å². The van der Waals surface area contributed by atoms with Crippen molar-refractivity contribution in [3.05, 3.63) is 11.8 Å². The van der Waals surface area contributed by atoms with Crippen molar-refractivity contribution in [3.8, 4) is 0 Å². The predicted molar refractivity (Wildman–Crippen MR) is 36.7 cm³/mol. The van der Waals surface area contributed by atoms with Crippen molar-refractivity contribution in [2.75, 3.05) is 7.05 Å². The molecule has 0 amide bonds. The summed E-state index contributed by atoms with van der Waals surface area (Å²) in [6.07, 6.45) is 3.13. The molecule has 0 aromatic rings. The molecule has 1 rings (SSSR count). The van der Waals surface area contributed by atoms with Crippen LogP contribution in [-0.4, -0.2) is 18.2 Å². The first kappa shape index (κ1) is 6.62. The van der Waals surface area contributed by atoms with Crippen molar-refractivity contribution in [1.29, 1.82) is 0 Å². The zero-order valence-corrected chi connectivity index (χ0v) is 6.22. The molecule has 0 N–H and O–H groups in total. The zero-order chi connectivity index (χ0) is 6.85. The third-order valence-corrected chi connectivity index (χ3v) is 1.61. The third kappa shape index (κ3) is 1.24. The molecule has 0 aromatic carbocycles. The molecule has 1 aliphatic rings. The minimum Gasteiger partial charge on any atom is -0.410 e. The summed E-state index contributed by atoms with van der Waals surface area (Å²) < 4.78 is 0. The number of hydrogen-bond acceptors (Lipinski definition) is 2. The second-order valence-corrected chi connectivity index (χ2v) is 2.36. The lowest BCUT2D eigenvalue weighted by atomic mass is 10.3. The van der Waals surface area contributed by atoms with E-state index >= 15 is 0 Å². The van der Waals surface area contributed by atoms with E-state index in [0.717, 1.165) is 12.2 Å². The molecular formula is C7H13NO. The number of nitrogens with zero attached hydrogens (tertiary/aromatic N) is 1. The first-order valence-corrected chi connectivity index (χ1v) is 3.35. The van der Waals surface area contributed by atoms with Crippen LogP contribution in [0, 0.1) is 0 Å². The Morgan fingerprint density at radius 2 is 2.44 bits per heavy atom. The van der Waals surface area contributed by atoms with Crippen LogP contribution in [0.5, 0.6) is 0 Å². The number of hydrogen-bond donors (Lipinski definition) is 0. The van der Waals surface area contributed by atoms with Gasteiger partial charge >= 0.3 is 0 Å². The molecule has 2 nitrogen and oxygen atoms in total. The summed E-state index contributed by atoms with van der Waals surface area (Å²) in [5.74, 6) is 1.09. The molecule has 1 aliphatic heterocycles. The van der Waals surface area contributed by atoms with E-state index in [1.807, 2.05) is 12.1 Å². The topological polar surface area (TPSA) is 12.5 Å². The smallest absolute Gasteiger partial charge is 0.122 e. The Labute approximate surface area is 56.1 Å². The van der Waals surface area contributed by atoms with Crippen molar-refractivity contribution in [2.24, 2.45) is 0 Å². The molecule has 0 saturated carbocycles. The second-order valence-electron chi connectivity index (χ2n) is 2.36. The predicted octanol–water partition coefficient (Wildman–Crippen LogP) is 1.55. The molecule has 0 radical (unpaired) electrons. The Bertz CT molecular complexity index is 131. The van der Waals surface area contributed by atoms with Crippen molar-refractivity contribution < 1.29 is 4.84 Å². The molecule has 1 unspecified atom stereocenters. The van der Waals surface area contributed by atoms with Gasteiger partial charge in [0.2, 0.25) is 0 Å². The van der Waals surface area contributed by atoms with Gasteiger partial charge in [-0.25, -0.2) is 0 Å². The molecule has 0 bridgehead atoms. The minimum absolute atomic E-state index is 0.444. The van der Waals surface area contributed by atoms with Crippen LogP contribution in [-0.2, 0) is 4.84 Å². The van der Waals surface area contributed by atoms with E-state index in [4.69, 9.17) is 4.84 Å². The van der Waals surface area contributed by atoms with E-state index in [2.05, 4.69) is 19.9 Å². The van der Waals surface area contributed by atoms with E-state index in [0.29, 0.717) is 6.04 Å². The molecule has 0 saturated heterocycles. The van der Waals surface area contributed by atoms with E-state index in [9.17, 15) is 0 Å². The molecule has 0 fully saturated rings. The molecular weight excluding hydrogens is 114 g/mol. The fraction of sp³-hybridized carbons (Fsp3) is 0.714. The van der Waals surface area contributed by atoms with E-state index < -0.39 is 0 Å². The van der Waals surface area contributed by atoms with Crippen LogP contribution in [0.3, 0.4) is 0 Å². The van der Waals surface area contributed by atoms with Crippen LogP contribution in [0.4, 0.5) is 0 Å². The van der Waals surface area contributed by atoms with E-state index in [-0.39, 0.29) is 0 Å². The first-order chi connectivity index (χ1) is 4.24. The van der Waals surface area contributed by atoms with Gasteiger partial charge in [-0.15, -0.1) is 5.06 Å². The van der Waals surface area contributed by atoms with Crippen molar-refractivity contribution in [2.45, 2.75) is 26.3 Å². The Morgan fingerprint density at radius 1 is 1.78 bits per heavy atom. The van der Waals surface area contributed by atoms with E-state index in [1.165, 1.54) is 0 Å². The number of allylic oxidation sites excluding steroid dienone is 1. The summed E-state index contributed by atoms with van der Waals surface area (Å²) >= 11 is 0. The maximum Gasteiger partial charge on any atom is 0.122 e. The van der Waals surface area contributed by atoms with Gasteiger partial charge in [0, 0.05) is 13.5 Å². The summed E-state index contributed by atoms with van der Waals surface area (Å²) in [6, 6.07) is 0.444. The SMILES string of the molecule is CCC1=CC(C)N(C)O1. The van der Waals surface area contributed by atoms with Crippen LogP contribution >= 0.6 is 0 Å². The van der Waals surface area contributed by atoms with Gasteiger partial charge in [0.15, 0.2) is 0 Å². The molecule has 1 atom stereocenters. The van der Waals surface area contributed by atoms with Gasteiger partial charge in [-0.1, -0.05) is 6.92 Å². The number of hydroxylamine groups is 2. The minimum atomic E-state index is 0.444. The largest absolute Gasteiger partial charge is 0.410 e. The highest BCUT2D eigenvalue weighted by molar-refractivity contribution is 5.01. The van der Waals surface area contributed by atoms with Crippen molar-refractivity contribution in [1.82, 2.24) is 5.06 Å². The normalized spacial score (nSPS) is 27.9. The monoisotopic (exact) mass is 127 g/mol. The number of likely N-dealkylation sites (N-methyl/N-ethyl adjacent to an activating group) is 1. The lowest BCUT2D eigenvalue weighted by Crippen LogP contribution is -2.20. The van der Waals surface area contributed by atoms with Gasteiger partial charge in [-0.05, 0) is 13.0 Å². The van der Waals surface area contributed by atoms with Crippen molar-refractivity contribution >= 4 is 0 Å². The van der Waals surface area contributed by atoms with Crippen LogP contribution in [0.1, 0.15) is 20.3 Å². The quantitative estimate of drug-likeness (QED) is 0.530. The maximum absolute atomic E-state index is 5.32. The highest BCUT2D eigenvalue weighted by atomic mass is 16.7. The summed E-state index contributed by atoms with van der Waals surface area (Å²) in [7, 11) is 1.95. The average Bonchev–Trinajstić information content (AvgIpc) is 2.13. The van der Waals surface area contributed by atoms with Crippen LogP contribution < -0.4 is 0 Å². The number of rotatable bonds is 1. The highest BCUT2D eigenvalue weighted by Crippen LogP contribution is 2.17. The Morgan fingerprint density at radius 3 is 2.67 bits per heavy atom. The summed E-state index contributed by atoms with van der Waals surface area (Å²) in [5.41, 5.74) is 0. The molecule has 2 heteroatoms. The standard InChI is InChI=1S/C7H13NO/c1-4-7-5-6(2)8(3)9-7/h5-6H,4H2,1-3H3. The highest BCUT2D eigenvalue weighted by Gasteiger charge is 2.16. The van der Waals surface area contributed by atoms with Gasteiger partial charge in [-0.2, -0.15) is 0 Å². The second kappa shape index (κ2) is 2.40. The molecule has 9 heavy (non-hydrogen) atoms. The third-order valence-electron chi connectivity index (χ3n) is 1.61. The summed E-state index contributed by atoms with van der Waals surface area (Å²) in [4.78, 5) is 5.32. The van der Waals surface area contributed by atoms with Gasteiger partial charge in [0.1, 0.15) is 5.76 Å². The fourth-order valence-electron chi connectivity index (χ4n) is 0.855. The fourth-order valence-corrected chi connectivity index (χ4v) is 0.855. The summed E-state index contributed by atoms with van der Waals surface area (Å²) in [6.45, 7) is 4.21. The van der Waals surface area contributed by atoms with Gasteiger partial charge < -0.3 is 4.84 Å².